The Kier molecular flexibility index (Phi) is 5.61. The maximum atomic E-state index is 2.42. The third-order valence-corrected chi connectivity index (χ3v) is 10.3. The highest BCUT2D eigenvalue weighted by molar-refractivity contribution is 7.25. The molecule has 1 unspecified atom stereocenters. The molecule has 1 aromatic heterocycles. The standard InChI is InChI=1S/C42H28S/c1-2-10-27(11-3-1)29-14-9-15-31(24-29)41-34-16-4-6-18-36(34)42(37-19-7-5-17-35(37)41)32-20-22-33-38-25-30(28-12-8-13-28)21-23-39(38)43-40(33)26-32/h1-12,14-26,28H,13H2. The lowest BCUT2D eigenvalue weighted by Gasteiger charge is -2.18. The molecule has 0 N–H and O–H groups in total. The van der Waals surface area contributed by atoms with Crippen LogP contribution in [-0.2, 0) is 0 Å². The van der Waals surface area contributed by atoms with Crippen LogP contribution in [0.2, 0.25) is 0 Å². The maximum Gasteiger partial charge on any atom is 0.0361 e. The van der Waals surface area contributed by atoms with E-state index in [-0.39, 0.29) is 0 Å². The number of hydrogen-bond donors (Lipinski definition) is 0. The van der Waals surface area contributed by atoms with Crippen LogP contribution in [0.4, 0.5) is 0 Å². The number of fused-ring (bicyclic) bond motifs is 5. The second-order valence-electron chi connectivity index (χ2n) is 11.6. The van der Waals surface area contributed by atoms with Crippen molar-refractivity contribution in [1.29, 1.82) is 0 Å². The van der Waals surface area contributed by atoms with Gasteiger partial charge in [-0.15, -0.1) is 11.3 Å². The zero-order valence-electron chi connectivity index (χ0n) is 23.6. The minimum atomic E-state index is 0.572. The second kappa shape index (κ2) is 9.80. The fourth-order valence-corrected chi connectivity index (χ4v) is 8.06. The molecule has 43 heavy (non-hydrogen) atoms. The summed E-state index contributed by atoms with van der Waals surface area (Å²) in [6.07, 6.45) is 5.75. The number of hydrogen-bond acceptors (Lipinski definition) is 1. The van der Waals surface area contributed by atoms with Crippen LogP contribution in [0.25, 0.3) is 75.1 Å². The zero-order valence-corrected chi connectivity index (χ0v) is 24.4. The average Bonchev–Trinajstić information content (AvgIpc) is 3.40. The highest BCUT2D eigenvalue weighted by Crippen LogP contribution is 2.46. The third kappa shape index (κ3) is 3.96. The van der Waals surface area contributed by atoms with Crippen LogP contribution in [0.15, 0.2) is 152 Å². The molecule has 1 heterocycles. The van der Waals surface area contributed by atoms with E-state index in [0.717, 1.165) is 6.42 Å². The van der Waals surface area contributed by atoms with Crippen molar-refractivity contribution in [3.63, 3.8) is 0 Å². The van der Waals surface area contributed by atoms with Crippen LogP contribution in [0.3, 0.4) is 0 Å². The van der Waals surface area contributed by atoms with E-state index in [1.165, 1.54) is 80.7 Å². The molecule has 1 aliphatic rings. The van der Waals surface area contributed by atoms with Crippen molar-refractivity contribution in [3.8, 4) is 33.4 Å². The molecule has 0 fully saturated rings. The number of allylic oxidation sites excluding steroid dienone is 2. The van der Waals surface area contributed by atoms with Crippen molar-refractivity contribution < 1.29 is 0 Å². The summed E-state index contributed by atoms with van der Waals surface area (Å²) in [6.45, 7) is 0. The predicted molar refractivity (Wildman–Crippen MR) is 187 cm³/mol. The molecule has 1 aliphatic carbocycles. The summed E-state index contributed by atoms with van der Waals surface area (Å²) in [6, 6.07) is 51.8. The molecule has 0 saturated heterocycles. The van der Waals surface area contributed by atoms with Gasteiger partial charge in [-0.25, -0.2) is 0 Å². The summed E-state index contributed by atoms with van der Waals surface area (Å²) in [7, 11) is 0. The zero-order chi connectivity index (χ0) is 28.3. The van der Waals surface area contributed by atoms with E-state index in [4.69, 9.17) is 0 Å². The van der Waals surface area contributed by atoms with Crippen molar-refractivity contribution in [2.75, 3.05) is 0 Å². The predicted octanol–water partition coefficient (Wildman–Crippen LogP) is 12.4. The quantitative estimate of drug-likeness (QED) is 0.147. The second-order valence-corrected chi connectivity index (χ2v) is 12.7. The van der Waals surface area contributed by atoms with E-state index < -0.39 is 0 Å². The van der Waals surface area contributed by atoms with Crippen LogP contribution in [0.5, 0.6) is 0 Å². The van der Waals surface area contributed by atoms with Crippen molar-refractivity contribution in [2.24, 2.45) is 0 Å². The molecule has 0 saturated carbocycles. The molecule has 202 valence electrons. The van der Waals surface area contributed by atoms with E-state index in [2.05, 4.69) is 152 Å². The van der Waals surface area contributed by atoms with Crippen LogP contribution >= 0.6 is 11.3 Å². The first-order valence-corrected chi connectivity index (χ1v) is 15.9. The van der Waals surface area contributed by atoms with Gasteiger partial charge in [0.2, 0.25) is 0 Å². The summed E-state index contributed by atoms with van der Waals surface area (Å²) in [5.41, 5.74) is 9.05. The van der Waals surface area contributed by atoms with Gasteiger partial charge in [0, 0.05) is 26.1 Å². The lowest BCUT2D eigenvalue weighted by Crippen LogP contribution is -2.00. The van der Waals surface area contributed by atoms with Crippen molar-refractivity contribution in [1.82, 2.24) is 0 Å². The van der Waals surface area contributed by atoms with E-state index in [1.807, 2.05) is 11.3 Å². The number of rotatable bonds is 4. The van der Waals surface area contributed by atoms with Gasteiger partial charge < -0.3 is 0 Å². The topological polar surface area (TPSA) is 0 Å². The Morgan fingerprint density at radius 3 is 1.67 bits per heavy atom. The number of benzene rings is 7. The molecule has 0 aliphatic heterocycles. The van der Waals surface area contributed by atoms with Crippen LogP contribution < -0.4 is 0 Å². The van der Waals surface area contributed by atoms with E-state index in [9.17, 15) is 0 Å². The summed E-state index contributed by atoms with van der Waals surface area (Å²) in [5, 5.41) is 7.90. The molecule has 1 heteroatoms. The first-order chi connectivity index (χ1) is 21.3. The molecule has 1 atom stereocenters. The van der Waals surface area contributed by atoms with Gasteiger partial charge in [0.15, 0.2) is 0 Å². The van der Waals surface area contributed by atoms with Gasteiger partial charge in [-0.2, -0.15) is 0 Å². The lowest BCUT2D eigenvalue weighted by atomic mass is 9.85. The lowest BCUT2D eigenvalue weighted by molar-refractivity contribution is 0.795. The Balaban J connectivity index is 1.27. The Morgan fingerprint density at radius 1 is 0.419 bits per heavy atom. The van der Waals surface area contributed by atoms with E-state index in [1.54, 1.807) is 0 Å². The van der Waals surface area contributed by atoms with Crippen molar-refractivity contribution >= 4 is 53.1 Å². The molecule has 0 radical (unpaired) electrons. The summed E-state index contributed by atoms with van der Waals surface area (Å²) in [4.78, 5) is 0. The smallest absolute Gasteiger partial charge is 0.0361 e. The highest BCUT2D eigenvalue weighted by Gasteiger charge is 2.19. The summed E-state index contributed by atoms with van der Waals surface area (Å²) < 4.78 is 2.71. The Labute approximate surface area is 255 Å². The largest absolute Gasteiger partial charge is 0.135 e. The highest BCUT2D eigenvalue weighted by atomic mass is 32.1. The van der Waals surface area contributed by atoms with Gasteiger partial charge in [-0.3, -0.25) is 0 Å². The molecular formula is C42H28S. The third-order valence-electron chi connectivity index (χ3n) is 9.16. The molecule has 0 nitrogen and oxygen atoms in total. The normalized spacial score (nSPS) is 14.6. The van der Waals surface area contributed by atoms with E-state index in [0.29, 0.717) is 5.92 Å². The van der Waals surface area contributed by atoms with Gasteiger partial charge in [0.1, 0.15) is 0 Å². The Bertz CT molecular complexity index is 2310. The molecule has 9 rings (SSSR count). The first kappa shape index (κ1) is 24.6. The van der Waals surface area contributed by atoms with Gasteiger partial charge in [0.05, 0.1) is 0 Å². The van der Waals surface area contributed by atoms with E-state index >= 15 is 0 Å². The van der Waals surface area contributed by atoms with Gasteiger partial charge in [-0.1, -0.05) is 127 Å². The summed E-state index contributed by atoms with van der Waals surface area (Å²) in [5.74, 6) is 0.572. The molecule has 0 spiro atoms. The molecule has 7 aromatic carbocycles. The minimum absolute atomic E-state index is 0.572. The number of thiophene rings is 1. The fraction of sp³-hybridized carbons (Fsp3) is 0.0476. The van der Waals surface area contributed by atoms with Crippen LogP contribution in [-0.4, -0.2) is 0 Å². The molecule has 0 amide bonds. The minimum Gasteiger partial charge on any atom is -0.135 e. The van der Waals surface area contributed by atoms with Gasteiger partial charge >= 0.3 is 0 Å². The Morgan fingerprint density at radius 2 is 1.02 bits per heavy atom. The molecular weight excluding hydrogens is 537 g/mol. The first-order valence-electron chi connectivity index (χ1n) is 15.0. The SMILES string of the molecule is C1=CC(c2ccc3sc4cc(-c5c6ccccc6c(-c6cccc(-c7ccccc7)c6)c6ccccc56)ccc4c3c2)C1. The Hall–Kier alpha value is -4.98. The van der Waals surface area contributed by atoms with Crippen LogP contribution in [0.1, 0.15) is 17.9 Å². The van der Waals surface area contributed by atoms with Gasteiger partial charge in [-0.05, 0) is 91.2 Å². The fourth-order valence-electron chi connectivity index (χ4n) is 6.94. The molecule has 0 bridgehead atoms. The monoisotopic (exact) mass is 564 g/mol. The average molecular weight is 565 g/mol. The van der Waals surface area contributed by atoms with Crippen molar-refractivity contribution in [3.05, 3.63) is 157 Å². The van der Waals surface area contributed by atoms with Crippen LogP contribution in [0, 0.1) is 0 Å². The summed E-state index contributed by atoms with van der Waals surface area (Å²) >= 11 is 1.91. The maximum absolute atomic E-state index is 2.42. The van der Waals surface area contributed by atoms with Gasteiger partial charge in [0.25, 0.3) is 0 Å². The van der Waals surface area contributed by atoms with Crippen molar-refractivity contribution in [2.45, 2.75) is 12.3 Å². The molecule has 8 aromatic rings.